The van der Waals surface area contributed by atoms with Gasteiger partial charge in [-0.3, -0.25) is 4.79 Å². The first kappa shape index (κ1) is 13.9. The SMILES string of the molecule is O=C1CCC(c2ccccc2F)(c2ccccc2F)CC1. The van der Waals surface area contributed by atoms with Crippen LogP contribution in [0.5, 0.6) is 0 Å². The molecule has 0 unspecified atom stereocenters. The molecule has 1 nitrogen and oxygen atoms in total. The molecule has 1 aliphatic rings. The molecule has 0 radical (unpaired) electrons. The minimum atomic E-state index is -0.745. The summed E-state index contributed by atoms with van der Waals surface area (Å²) >= 11 is 0. The third kappa shape index (κ3) is 2.37. The molecule has 0 saturated heterocycles. The third-order valence-electron chi connectivity index (χ3n) is 4.44. The second-order valence-corrected chi connectivity index (χ2v) is 5.58. The van der Waals surface area contributed by atoms with E-state index in [1.54, 1.807) is 36.4 Å². The molecule has 1 aliphatic carbocycles. The smallest absolute Gasteiger partial charge is 0.133 e. The van der Waals surface area contributed by atoms with Crippen molar-refractivity contribution in [3.8, 4) is 0 Å². The normalized spacial score (nSPS) is 17.7. The van der Waals surface area contributed by atoms with Crippen molar-refractivity contribution in [1.82, 2.24) is 0 Å². The number of rotatable bonds is 2. The van der Waals surface area contributed by atoms with E-state index in [0.717, 1.165) is 0 Å². The molecule has 2 aromatic carbocycles. The van der Waals surface area contributed by atoms with E-state index in [0.29, 0.717) is 36.8 Å². The van der Waals surface area contributed by atoms with Crippen molar-refractivity contribution in [2.75, 3.05) is 0 Å². The number of carbonyl (C=O) groups is 1. The fraction of sp³-hybridized carbons (Fsp3) is 0.278. The molecule has 0 bridgehead atoms. The van der Waals surface area contributed by atoms with Crippen molar-refractivity contribution in [3.05, 3.63) is 71.3 Å². The van der Waals surface area contributed by atoms with Crippen LogP contribution in [0.4, 0.5) is 8.78 Å². The number of halogens is 2. The molecule has 21 heavy (non-hydrogen) atoms. The van der Waals surface area contributed by atoms with Gasteiger partial charge in [0.2, 0.25) is 0 Å². The average molecular weight is 286 g/mol. The van der Waals surface area contributed by atoms with Crippen LogP contribution in [0, 0.1) is 11.6 Å². The fourth-order valence-electron chi connectivity index (χ4n) is 3.34. The Bertz CT molecular complexity index is 621. The molecule has 1 fully saturated rings. The highest BCUT2D eigenvalue weighted by molar-refractivity contribution is 5.80. The van der Waals surface area contributed by atoms with Crippen LogP contribution in [0.1, 0.15) is 36.8 Å². The molecule has 3 rings (SSSR count). The minimum absolute atomic E-state index is 0.165. The van der Waals surface area contributed by atoms with Gasteiger partial charge in [0.15, 0.2) is 0 Å². The van der Waals surface area contributed by atoms with E-state index in [-0.39, 0.29) is 17.4 Å². The molecule has 0 aromatic heterocycles. The first-order valence-corrected chi connectivity index (χ1v) is 7.15. The Hall–Kier alpha value is -2.03. The summed E-state index contributed by atoms with van der Waals surface area (Å²) in [5, 5.41) is 0. The van der Waals surface area contributed by atoms with Gasteiger partial charge in [-0.15, -0.1) is 0 Å². The van der Waals surface area contributed by atoms with Crippen LogP contribution in [0.25, 0.3) is 0 Å². The van der Waals surface area contributed by atoms with Crippen LogP contribution >= 0.6 is 0 Å². The number of carbonyl (C=O) groups excluding carboxylic acids is 1. The summed E-state index contributed by atoms with van der Waals surface area (Å²) in [6, 6.07) is 13.0. The zero-order valence-corrected chi connectivity index (χ0v) is 11.6. The maximum absolute atomic E-state index is 14.3. The lowest BCUT2D eigenvalue weighted by atomic mass is 9.65. The highest BCUT2D eigenvalue weighted by Crippen LogP contribution is 2.45. The van der Waals surface area contributed by atoms with Crippen LogP contribution in [-0.2, 0) is 10.2 Å². The Morgan fingerprint density at radius 3 is 1.62 bits per heavy atom. The Morgan fingerprint density at radius 1 is 0.762 bits per heavy atom. The predicted octanol–water partition coefficient (Wildman–Crippen LogP) is 4.39. The van der Waals surface area contributed by atoms with E-state index < -0.39 is 5.41 Å². The van der Waals surface area contributed by atoms with Crippen molar-refractivity contribution < 1.29 is 13.6 Å². The summed E-state index contributed by atoms with van der Waals surface area (Å²) in [6.45, 7) is 0. The topological polar surface area (TPSA) is 17.1 Å². The van der Waals surface area contributed by atoms with Crippen molar-refractivity contribution in [1.29, 1.82) is 0 Å². The van der Waals surface area contributed by atoms with Crippen LogP contribution in [0.2, 0.25) is 0 Å². The summed E-state index contributed by atoms with van der Waals surface area (Å²) in [5.74, 6) is -0.511. The number of benzene rings is 2. The van der Waals surface area contributed by atoms with Gasteiger partial charge in [-0.2, -0.15) is 0 Å². The van der Waals surface area contributed by atoms with Crippen molar-refractivity contribution in [3.63, 3.8) is 0 Å². The summed E-state index contributed by atoms with van der Waals surface area (Å²) < 4.78 is 28.7. The van der Waals surface area contributed by atoms with E-state index in [2.05, 4.69) is 0 Å². The quantitative estimate of drug-likeness (QED) is 0.800. The van der Waals surface area contributed by atoms with Gasteiger partial charge in [0.25, 0.3) is 0 Å². The number of hydrogen-bond donors (Lipinski definition) is 0. The lowest BCUT2D eigenvalue weighted by Crippen LogP contribution is -2.35. The maximum atomic E-state index is 14.3. The maximum Gasteiger partial charge on any atom is 0.133 e. The van der Waals surface area contributed by atoms with Gasteiger partial charge in [0.1, 0.15) is 17.4 Å². The van der Waals surface area contributed by atoms with Crippen LogP contribution < -0.4 is 0 Å². The Balaban J connectivity index is 2.19. The zero-order chi connectivity index (χ0) is 14.9. The van der Waals surface area contributed by atoms with Gasteiger partial charge < -0.3 is 0 Å². The zero-order valence-electron chi connectivity index (χ0n) is 11.6. The van der Waals surface area contributed by atoms with Crippen LogP contribution in [-0.4, -0.2) is 5.78 Å². The molecule has 0 aliphatic heterocycles. The molecule has 3 heteroatoms. The predicted molar refractivity (Wildman–Crippen MR) is 77.1 cm³/mol. The minimum Gasteiger partial charge on any atom is -0.300 e. The van der Waals surface area contributed by atoms with Gasteiger partial charge in [-0.05, 0) is 36.1 Å². The standard InChI is InChI=1S/C18H16F2O/c19-16-7-3-1-5-14(16)18(11-9-13(21)10-12-18)15-6-2-4-8-17(15)20/h1-8H,9-12H2. The Kier molecular flexibility index (Phi) is 3.58. The van der Waals surface area contributed by atoms with Crippen molar-refractivity contribution >= 4 is 5.78 Å². The summed E-state index contributed by atoms with van der Waals surface area (Å²) in [4.78, 5) is 11.6. The summed E-state index contributed by atoms with van der Waals surface area (Å²) in [6.07, 6.45) is 1.63. The molecule has 2 aromatic rings. The van der Waals surface area contributed by atoms with Gasteiger partial charge in [0, 0.05) is 18.3 Å². The first-order valence-electron chi connectivity index (χ1n) is 7.15. The van der Waals surface area contributed by atoms with E-state index in [1.807, 2.05) is 0 Å². The molecular formula is C18H16F2O. The largest absolute Gasteiger partial charge is 0.300 e. The molecule has 0 heterocycles. The number of ketones is 1. The Labute approximate surface area is 122 Å². The van der Waals surface area contributed by atoms with E-state index in [4.69, 9.17) is 0 Å². The second kappa shape index (κ2) is 5.40. The molecule has 0 atom stereocenters. The van der Waals surface area contributed by atoms with E-state index >= 15 is 0 Å². The lowest BCUT2D eigenvalue weighted by Gasteiger charge is -2.38. The first-order chi connectivity index (χ1) is 10.1. The summed E-state index contributed by atoms with van der Waals surface area (Å²) in [5.41, 5.74) is 0.232. The molecule has 0 spiro atoms. The number of hydrogen-bond acceptors (Lipinski definition) is 1. The van der Waals surface area contributed by atoms with Gasteiger partial charge >= 0.3 is 0 Å². The molecule has 108 valence electrons. The molecular weight excluding hydrogens is 270 g/mol. The third-order valence-corrected chi connectivity index (χ3v) is 4.44. The average Bonchev–Trinajstić information content (AvgIpc) is 2.50. The highest BCUT2D eigenvalue weighted by atomic mass is 19.1. The lowest BCUT2D eigenvalue weighted by molar-refractivity contribution is -0.121. The van der Waals surface area contributed by atoms with Crippen molar-refractivity contribution in [2.45, 2.75) is 31.1 Å². The van der Waals surface area contributed by atoms with Gasteiger partial charge in [-0.1, -0.05) is 36.4 Å². The number of Topliss-reactive ketones (excluding diaryl/α,β-unsaturated/α-hetero) is 1. The van der Waals surface area contributed by atoms with E-state index in [1.165, 1.54) is 12.1 Å². The van der Waals surface area contributed by atoms with Crippen LogP contribution in [0.3, 0.4) is 0 Å². The summed E-state index contributed by atoms with van der Waals surface area (Å²) in [7, 11) is 0. The monoisotopic (exact) mass is 286 g/mol. The van der Waals surface area contributed by atoms with E-state index in [9.17, 15) is 13.6 Å². The van der Waals surface area contributed by atoms with Gasteiger partial charge in [-0.25, -0.2) is 8.78 Å². The molecule has 0 amide bonds. The molecule has 1 saturated carbocycles. The molecule has 0 N–H and O–H groups in total. The Morgan fingerprint density at radius 2 is 1.19 bits per heavy atom. The van der Waals surface area contributed by atoms with Gasteiger partial charge in [0.05, 0.1) is 0 Å². The fourth-order valence-corrected chi connectivity index (χ4v) is 3.34. The van der Waals surface area contributed by atoms with Crippen molar-refractivity contribution in [2.24, 2.45) is 0 Å². The second-order valence-electron chi connectivity index (χ2n) is 5.58. The van der Waals surface area contributed by atoms with Crippen LogP contribution in [0.15, 0.2) is 48.5 Å². The highest BCUT2D eigenvalue weighted by Gasteiger charge is 2.41.